The number of aromatic nitrogens is 1. The monoisotopic (exact) mass is 345 g/mol. The van der Waals surface area contributed by atoms with E-state index in [1.165, 1.54) is 11.1 Å². The van der Waals surface area contributed by atoms with Gasteiger partial charge in [0.1, 0.15) is 0 Å². The molecule has 130 valence electrons. The van der Waals surface area contributed by atoms with Crippen molar-refractivity contribution in [3.05, 3.63) is 45.4 Å². The van der Waals surface area contributed by atoms with E-state index in [2.05, 4.69) is 56.2 Å². The third kappa shape index (κ3) is 4.35. The summed E-state index contributed by atoms with van der Waals surface area (Å²) < 4.78 is 0. The highest BCUT2D eigenvalue weighted by Crippen LogP contribution is 2.32. The Hall–Kier alpha value is -1.88. The minimum atomic E-state index is -0.101. The molecular formula is C19H27N3OS. The van der Waals surface area contributed by atoms with Crippen molar-refractivity contribution in [2.75, 3.05) is 12.4 Å². The highest BCUT2D eigenvalue weighted by molar-refractivity contribution is 7.09. The standard InChI is InChI=1S/C19H27N3OS/c1-12(2)16-8-7-9-17(13(3)4)18(16)21-19(23)22(6)10-15-11-24-14(5)20-15/h7-9,11-13H,10H2,1-6H3,(H,21,23). The fourth-order valence-corrected chi connectivity index (χ4v) is 3.30. The first-order valence-electron chi connectivity index (χ1n) is 8.35. The van der Waals surface area contributed by atoms with Gasteiger partial charge in [-0.15, -0.1) is 11.3 Å². The first-order valence-corrected chi connectivity index (χ1v) is 9.23. The van der Waals surface area contributed by atoms with Gasteiger partial charge in [0, 0.05) is 18.1 Å². The molecule has 1 heterocycles. The zero-order chi connectivity index (χ0) is 17.9. The molecule has 5 heteroatoms. The summed E-state index contributed by atoms with van der Waals surface area (Å²) in [6.45, 7) is 11.1. The molecule has 4 nitrogen and oxygen atoms in total. The van der Waals surface area contributed by atoms with Gasteiger partial charge in [-0.05, 0) is 29.9 Å². The zero-order valence-electron chi connectivity index (χ0n) is 15.4. The van der Waals surface area contributed by atoms with Crippen LogP contribution in [0.3, 0.4) is 0 Å². The number of nitrogens with zero attached hydrogens (tertiary/aromatic N) is 2. The quantitative estimate of drug-likeness (QED) is 0.792. The summed E-state index contributed by atoms with van der Waals surface area (Å²) in [6, 6.07) is 6.16. The fourth-order valence-electron chi connectivity index (χ4n) is 2.69. The lowest BCUT2D eigenvalue weighted by Crippen LogP contribution is -2.31. The number of nitrogens with one attached hydrogen (secondary N) is 1. The first kappa shape index (κ1) is 18.5. The normalized spacial score (nSPS) is 11.2. The molecule has 0 atom stereocenters. The minimum Gasteiger partial charge on any atom is -0.322 e. The lowest BCUT2D eigenvalue weighted by Gasteiger charge is -2.23. The molecule has 1 N–H and O–H groups in total. The van der Waals surface area contributed by atoms with Crippen LogP contribution in [0, 0.1) is 6.92 Å². The van der Waals surface area contributed by atoms with Crippen molar-refractivity contribution in [1.29, 1.82) is 0 Å². The second kappa shape index (κ2) is 7.79. The summed E-state index contributed by atoms with van der Waals surface area (Å²) in [4.78, 5) is 18.8. The third-order valence-corrected chi connectivity index (χ3v) is 4.84. The smallest absolute Gasteiger partial charge is 0.321 e. The van der Waals surface area contributed by atoms with Crippen LogP contribution in [-0.2, 0) is 6.54 Å². The Balaban J connectivity index is 2.21. The number of aryl methyl sites for hydroxylation is 1. The Kier molecular flexibility index (Phi) is 5.99. The molecule has 1 aromatic heterocycles. The predicted octanol–water partition coefficient (Wildman–Crippen LogP) is 5.36. The fraction of sp³-hybridized carbons (Fsp3) is 0.474. The van der Waals surface area contributed by atoms with Crippen LogP contribution in [0.1, 0.15) is 61.4 Å². The lowest BCUT2D eigenvalue weighted by molar-refractivity contribution is 0.220. The van der Waals surface area contributed by atoms with Crippen LogP contribution in [0.4, 0.5) is 10.5 Å². The molecule has 0 spiro atoms. The largest absolute Gasteiger partial charge is 0.322 e. The van der Waals surface area contributed by atoms with E-state index in [-0.39, 0.29) is 6.03 Å². The highest BCUT2D eigenvalue weighted by Gasteiger charge is 2.18. The maximum atomic E-state index is 12.7. The number of rotatable bonds is 5. The van der Waals surface area contributed by atoms with Gasteiger partial charge in [0.2, 0.25) is 0 Å². The van der Waals surface area contributed by atoms with E-state index in [1.807, 2.05) is 12.3 Å². The van der Waals surface area contributed by atoms with Gasteiger partial charge in [-0.25, -0.2) is 9.78 Å². The van der Waals surface area contributed by atoms with E-state index in [9.17, 15) is 4.79 Å². The van der Waals surface area contributed by atoms with Crippen LogP contribution in [0.2, 0.25) is 0 Å². The molecule has 0 unspecified atom stereocenters. The van der Waals surface area contributed by atoms with Gasteiger partial charge in [-0.3, -0.25) is 0 Å². The Morgan fingerprint density at radius 1 is 1.21 bits per heavy atom. The van der Waals surface area contributed by atoms with Gasteiger partial charge in [-0.2, -0.15) is 0 Å². The molecule has 0 aliphatic rings. The van der Waals surface area contributed by atoms with E-state index in [0.717, 1.165) is 16.4 Å². The third-order valence-electron chi connectivity index (χ3n) is 4.02. The van der Waals surface area contributed by atoms with Crippen molar-refractivity contribution < 1.29 is 4.79 Å². The second-order valence-electron chi connectivity index (χ2n) is 6.76. The maximum Gasteiger partial charge on any atom is 0.321 e. The van der Waals surface area contributed by atoms with Crippen molar-refractivity contribution in [3.8, 4) is 0 Å². The zero-order valence-corrected chi connectivity index (χ0v) is 16.2. The SMILES string of the molecule is Cc1nc(CN(C)C(=O)Nc2c(C(C)C)cccc2C(C)C)cs1. The molecule has 0 radical (unpaired) electrons. The number of hydrogen-bond acceptors (Lipinski definition) is 3. The number of anilines is 1. The summed E-state index contributed by atoms with van der Waals surface area (Å²) in [7, 11) is 1.80. The van der Waals surface area contributed by atoms with Crippen LogP contribution < -0.4 is 5.32 Å². The van der Waals surface area contributed by atoms with E-state index in [4.69, 9.17) is 0 Å². The van der Waals surface area contributed by atoms with Crippen molar-refractivity contribution in [1.82, 2.24) is 9.88 Å². The number of carbonyl (C=O) groups excluding carboxylic acids is 1. The van der Waals surface area contributed by atoms with Crippen molar-refractivity contribution >= 4 is 23.1 Å². The first-order chi connectivity index (χ1) is 11.3. The number of para-hydroxylation sites is 1. The summed E-state index contributed by atoms with van der Waals surface area (Å²) in [5.41, 5.74) is 4.23. The van der Waals surface area contributed by atoms with E-state index < -0.39 is 0 Å². The molecule has 0 fully saturated rings. The predicted molar refractivity (Wildman–Crippen MR) is 102 cm³/mol. The van der Waals surface area contributed by atoms with Crippen LogP contribution in [-0.4, -0.2) is 23.0 Å². The minimum absolute atomic E-state index is 0.101. The van der Waals surface area contributed by atoms with Crippen LogP contribution in [0.15, 0.2) is 23.6 Å². The van der Waals surface area contributed by atoms with Gasteiger partial charge >= 0.3 is 6.03 Å². The number of amides is 2. The van der Waals surface area contributed by atoms with Crippen LogP contribution in [0.5, 0.6) is 0 Å². The van der Waals surface area contributed by atoms with Gasteiger partial charge in [-0.1, -0.05) is 45.9 Å². The van der Waals surface area contributed by atoms with E-state index >= 15 is 0 Å². The number of thiazole rings is 1. The molecule has 2 rings (SSSR count). The Bertz CT molecular complexity index is 680. The van der Waals surface area contributed by atoms with Crippen LogP contribution >= 0.6 is 11.3 Å². The molecule has 1 aromatic carbocycles. The number of carbonyl (C=O) groups is 1. The van der Waals surface area contributed by atoms with Gasteiger partial charge in [0.05, 0.1) is 17.2 Å². The summed E-state index contributed by atoms with van der Waals surface area (Å²) in [5.74, 6) is 0.705. The summed E-state index contributed by atoms with van der Waals surface area (Å²) in [6.07, 6.45) is 0. The van der Waals surface area contributed by atoms with Gasteiger partial charge < -0.3 is 10.2 Å². The molecule has 2 amide bonds. The van der Waals surface area contributed by atoms with Crippen molar-refractivity contribution in [2.24, 2.45) is 0 Å². The second-order valence-corrected chi connectivity index (χ2v) is 7.83. The van der Waals surface area contributed by atoms with Crippen molar-refractivity contribution in [3.63, 3.8) is 0 Å². The Labute approximate surface area is 148 Å². The molecule has 24 heavy (non-hydrogen) atoms. The lowest BCUT2D eigenvalue weighted by atomic mass is 9.93. The number of hydrogen-bond donors (Lipinski definition) is 1. The molecule has 0 aliphatic heterocycles. The number of benzene rings is 1. The van der Waals surface area contributed by atoms with E-state index in [1.54, 1.807) is 23.3 Å². The molecule has 0 aliphatic carbocycles. The molecular weight excluding hydrogens is 318 g/mol. The average molecular weight is 346 g/mol. The Morgan fingerprint density at radius 3 is 2.25 bits per heavy atom. The van der Waals surface area contributed by atoms with Gasteiger partial charge in [0.15, 0.2) is 0 Å². The Morgan fingerprint density at radius 2 is 1.79 bits per heavy atom. The maximum absolute atomic E-state index is 12.7. The van der Waals surface area contributed by atoms with Crippen molar-refractivity contribution in [2.45, 2.75) is 53.0 Å². The molecule has 0 saturated heterocycles. The molecule has 0 bridgehead atoms. The summed E-state index contributed by atoms with van der Waals surface area (Å²) in [5, 5.41) is 6.15. The summed E-state index contributed by atoms with van der Waals surface area (Å²) >= 11 is 1.61. The topological polar surface area (TPSA) is 45.2 Å². The van der Waals surface area contributed by atoms with Crippen LogP contribution in [0.25, 0.3) is 0 Å². The van der Waals surface area contributed by atoms with Gasteiger partial charge in [0.25, 0.3) is 0 Å². The number of urea groups is 1. The van der Waals surface area contributed by atoms with E-state index in [0.29, 0.717) is 18.4 Å². The highest BCUT2D eigenvalue weighted by atomic mass is 32.1. The molecule has 0 saturated carbocycles. The average Bonchev–Trinajstić information content (AvgIpc) is 2.91. The molecule has 2 aromatic rings.